The Bertz CT molecular complexity index is 770. The fourth-order valence-electron chi connectivity index (χ4n) is 2.81. The van der Waals surface area contributed by atoms with E-state index < -0.39 is 17.6 Å². The molecule has 0 N–H and O–H groups in total. The quantitative estimate of drug-likeness (QED) is 0.602. The number of hydrogen-bond donors (Lipinski definition) is 0. The summed E-state index contributed by atoms with van der Waals surface area (Å²) in [7, 11) is 0. The van der Waals surface area contributed by atoms with Crippen LogP contribution in [-0.2, 0) is 6.18 Å². The van der Waals surface area contributed by atoms with Crippen LogP contribution in [0.4, 0.5) is 23.4 Å². The van der Waals surface area contributed by atoms with Crippen molar-refractivity contribution in [2.75, 3.05) is 18.0 Å². The second-order valence-corrected chi connectivity index (χ2v) is 6.01. The highest BCUT2D eigenvalue weighted by Crippen LogP contribution is 2.30. The van der Waals surface area contributed by atoms with Gasteiger partial charge in [0, 0.05) is 37.7 Å². The zero-order valence-electron chi connectivity index (χ0n) is 13.7. The molecular weight excluding hydrogens is 352 g/mol. The molecule has 1 aliphatic rings. The molecule has 1 aromatic carbocycles. The molecule has 0 unspecified atom stereocenters. The fourth-order valence-corrected chi connectivity index (χ4v) is 2.81. The van der Waals surface area contributed by atoms with Crippen LogP contribution in [0.2, 0.25) is 0 Å². The van der Waals surface area contributed by atoms with Crippen LogP contribution in [0.3, 0.4) is 0 Å². The molecule has 2 aromatic rings. The Morgan fingerprint density at radius 3 is 2.42 bits per heavy atom. The van der Waals surface area contributed by atoms with Crippen LogP contribution < -0.4 is 9.64 Å². The van der Waals surface area contributed by atoms with Crippen molar-refractivity contribution in [3.8, 4) is 5.75 Å². The van der Waals surface area contributed by atoms with E-state index in [1.807, 2.05) is 4.90 Å². The number of carbonyl (C=O) groups excluding carboxylic acids is 1. The molecule has 0 bridgehead atoms. The lowest BCUT2D eigenvalue weighted by atomic mass is 10.1. The maximum absolute atomic E-state index is 13.9. The lowest BCUT2D eigenvalue weighted by Crippen LogP contribution is -2.38. The maximum Gasteiger partial charge on any atom is 0.417 e. The minimum Gasteiger partial charge on any atom is -0.487 e. The van der Waals surface area contributed by atoms with Gasteiger partial charge in [0.05, 0.1) is 5.56 Å². The van der Waals surface area contributed by atoms with Crippen molar-refractivity contribution in [2.45, 2.75) is 25.1 Å². The van der Waals surface area contributed by atoms with Crippen molar-refractivity contribution >= 4 is 12.1 Å². The molecule has 8 heteroatoms. The molecule has 0 amide bonds. The molecule has 26 heavy (non-hydrogen) atoms. The first-order chi connectivity index (χ1) is 12.4. The Morgan fingerprint density at radius 2 is 1.88 bits per heavy atom. The molecule has 1 aliphatic heterocycles. The molecule has 3 rings (SSSR count). The molecule has 0 saturated carbocycles. The first kappa shape index (κ1) is 18.2. The van der Waals surface area contributed by atoms with E-state index in [0.29, 0.717) is 38.0 Å². The Morgan fingerprint density at radius 1 is 1.15 bits per heavy atom. The molecular formula is C18H16F4N2O2. The predicted octanol–water partition coefficient (Wildman–Crippen LogP) is 4.10. The molecule has 0 atom stereocenters. The molecule has 1 aromatic heterocycles. The highest BCUT2D eigenvalue weighted by Gasteiger charge is 2.31. The molecule has 0 radical (unpaired) electrons. The third kappa shape index (κ3) is 4.12. The van der Waals surface area contributed by atoms with Crippen molar-refractivity contribution in [1.29, 1.82) is 0 Å². The van der Waals surface area contributed by atoms with E-state index >= 15 is 0 Å². The smallest absolute Gasteiger partial charge is 0.417 e. The summed E-state index contributed by atoms with van der Waals surface area (Å²) in [5, 5.41) is 0. The van der Waals surface area contributed by atoms with Crippen LogP contribution in [0.15, 0.2) is 36.5 Å². The summed E-state index contributed by atoms with van der Waals surface area (Å²) in [4.78, 5) is 16.4. The van der Waals surface area contributed by atoms with Crippen LogP contribution in [0.5, 0.6) is 5.75 Å². The first-order valence-corrected chi connectivity index (χ1v) is 8.06. The summed E-state index contributed by atoms with van der Waals surface area (Å²) in [6, 6.07) is 6.37. The Hall–Kier alpha value is -2.64. The fraction of sp³-hybridized carbons (Fsp3) is 0.333. The van der Waals surface area contributed by atoms with Gasteiger partial charge in [0.1, 0.15) is 18.2 Å². The Balaban J connectivity index is 1.58. The second-order valence-electron chi connectivity index (χ2n) is 6.01. The number of pyridine rings is 1. The Kier molecular flexibility index (Phi) is 5.11. The van der Waals surface area contributed by atoms with Gasteiger partial charge in [-0.25, -0.2) is 9.37 Å². The average molecular weight is 368 g/mol. The predicted molar refractivity (Wildman–Crippen MR) is 86.9 cm³/mol. The minimum absolute atomic E-state index is 0.0849. The van der Waals surface area contributed by atoms with Crippen molar-refractivity contribution in [2.24, 2.45) is 0 Å². The number of piperidine rings is 1. The van der Waals surface area contributed by atoms with Gasteiger partial charge < -0.3 is 9.64 Å². The van der Waals surface area contributed by atoms with Gasteiger partial charge in [0.15, 0.2) is 11.6 Å². The molecule has 0 spiro atoms. The number of rotatable bonds is 4. The maximum atomic E-state index is 13.9. The molecule has 1 fully saturated rings. The van der Waals surface area contributed by atoms with E-state index in [1.54, 1.807) is 0 Å². The average Bonchev–Trinajstić information content (AvgIpc) is 2.63. The number of carbonyl (C=O) groups is 1. The van der Waals surface area contributed by atoms with Gasteiger partial charge >= 0.3 is 6.18 Å². The van der Waals surface area contributed by atoms with E-state index in [4.69, 9.17) is 4.74 Å². The summed E-state index contributed by atoms with van der Waals surface area (Å²) in [6.45, 7) is 1.08. The molecule has 4 nitrogen and oxygen atoms in total. The molecule has 138 valence electrons. The number of hydrogen-bond acceptors (Lipinski definition) is 4. The largest absolute Gasteiger partial charge is 0.487 e. The molecule has 1 saturated heterocycles. The monoisotopic (exact) mass is 368 g/mol. The zero-order chi connectivity index (χ0) is 18.7. The van der Waals surface area contributed by atoms with E-state index in [0.717, 1.165) is 18.3 Å². The lowest BCUT2D eigenvalue weighted by Gasteiger charge is -2.33. The van der Waals surface area contributed by atoms with Crippen molar-refractivity contribution < 1.29 is 27.1 Å². The van der Waals surface area contributed by atoms with Crippen LogP contribution in [-0.4, -0.2) is 30.5 Å². The van der Waals surface area contributed by atoms with Gasteiger partial charge in [-0.2, -0.15) is 13.2 Å². The van der Waals surface area contributed by atoms with Gasteiger partial charge in [-0.15, -0.1) is 0 Å². The highest BCUT2D eigenvalue weighted by atomic mass is 19.4. The van der Waals surface area contributed by atoms with Crippen LogP contribution in [0, 0.1) is 5.82 Å². The SMILES string of the molecule is O=Cc1ccc(OC2CCN(c3ccc(C(F)(F)F)cn3)CC2)c(F)c1. The van der Waals surface area contributed by atoms with Crippen molar-refractivity contribution in [1.82, 2.24) is 4.98 Å². The third-order valence-electron chi connectivity index (χ3n) is 4.23. The summed E-state index contributed by atoms with van der Waals surface area (Å²) >= 11 is 0. The van der Waals surface area contributed by atoms with Crippen LogP contribution >= 0.6 is 0 Å². The van der Waals surface area contributed by atoms with E-state index in [1.165, 1.54) is 18.2 Å². The standard InChI is InChI=1S/C18H16F4N2O2/c19-15-9-12(11-25)1-3-16(15)26-14-5-7-24(8-6-14)17-4-2-13(10-23-17)18(20,21)22/h1-4,9-11,14H,5-8H2. The van der Waals surface area contributed by atoms with Crippen LogP contribution in [0.1, 0.15) is 28.8 Å². The van der Waals surface area contributed by atoms with Gasteiger partial charge in [0.2, 0.25) is 0 Å². The number of aromatic nitrogens is 1. The van der Waals surface area contributed by atoms with Gasteiger partial charge in [-0.3, -0.25) is 4.79 Å². The summed E-state index contributed by atoms with van der Waals surface area (Å²) < 4.78 is 57.3. The highest BCUT2D eigenvalue weighted by molar-refractivity contribution is 5.74. The van der Waals surface area contributed by atoms with E-state index in [9.17, 15) is 22.4 Å². The zero-order valence-corrected chi connectivity index (χ0v) is 13.7. The lowest BCUT2D eigenvalue weighted by molar-refractivity contribution is -0.137. The Labute approximate surface area is 147 Å². The van der Waals surface area contributed by atoms with Crippen molar-refractivity contribution in [3.05, 3.63) is 53.5 Å². The van der Waals surface area contributed by atoms with E-state index in [2.05, 4.69) is 4.98 Å². The molecule has 0 aliphatic carbocycles. The van der Waals surface area contributed by atoms with E-state index in [-0.39, 0.29) is 17.4 Å². The number of nitrogens with zero attached hydrogens (tertiary/aromatic N) is 2. The van der Waals surface area contributed by atoms with Gasteiger partial charge in [-0.1, -0.05) is 0 Å². The molecule has 2 heterocycles. The van der Waals surface area contributed by atoms with Gasteiger partial charge in [0.25, 0.3) is 0 Å². The number of benzene rings is 1. The number of aldehydes is 1. The minimum atomic E-state index is -4.41. The summed E-state index contributed by atoms with van der Waals surface area (Å²) in [6.07, 6.45) is -2.08. The van der Waals surface area contributed by atoms with Crippen molar-refractivity contribution in [3.63, 3.8) is 0 Å². The third-order valence-corrected chi connectivity index (χ3v) is 4.23. The van der Waals surface area contributed by atoms with Gasteiger partial charge in [-0.05, 0) is 30.3 Å². The topological polar surface area (TPSA) is 42.4 Å². The second kappa shape index (κ2) is 7.31. The summed E-state index contributed by atoms with van der Waals surface area (Å²) in [5.41, 5.74) is -0.549. The number of alkyl halides is 3. The normalized spacial score (nSPS) is 15.8. The first-order valence-electron chi connectivity index (χ1n) is 8.06. The van der Waals surface area contributed by atoms with Crippen LogP contribution in [0.25, 0.3) is 0 Å². The number of ether oxygens (including phenoxy) is 1. The summed E-state index contributed by atoms with van der Waals surface area (Å²) in [5.74, 6) is -0.0406. The number of halogens is 4. The number of anilines is 1.